The maximum atomic E-state index is 12.6. The van der Waals surface area contributed by atoms with Crippen LogP contribution in [0.15, 0.2) is 42.5 Å². The number of fused-ring (bicyclic) bond motifs is 1. The summed E-state index contributed by atoms with van der Waals surface area (Å²) in [5.41, 5.74) is 2.10. The van der Waals surface area contributed by atoms with Crippen LogP contribution in [0.4, 0.5) is 5.69 Å². The van der Waals surface area contributed by atoms with Gasteiger partial charge in [0.25, 0.3) is 5.91 Å². The number of halogens is 2. The van der Waals surface area contributed by atoms with Crippen molar-refractivity contribution in [2.75, 3.05) is 11.9 Å². The van der Waals surface area contributed by atoms with Gasteiger partial charge in [0, 0.05) is 40.3 Å². The van der Waals surface area contributed by atoms with E-state index in [1.807, 2.05) is 18.2 Å². The summed E-state index contributed by atoms with van der Waals surface area (Å²) < 4.78 is 5.99. The van der Waals surface area contributed by atoms with Crippen molar-refractivity contribution in [1.29, 1.82) is 0 Å². The number of rotatable bonds is 3. The molecule has 24 heavy (non-hydrogen) atoms. The second-order valence-corrected chi connectivity index (χ2v) is 6.32. The molecule has 0 fully saturated rings. The molecule has 0 saturated carbocycles. The van der Waals surface area contributed by atoms with Crippen molar-refractivity contribution in [2.45, 2.75) is 18.6 Å². The lowest BCUT2D eigenvalue weighted by Crippen LogP contribution is -2.36. The maximum absolute atomic E-state index is 12.6. The Morgan fingerprint density at radius 1 is 1.17 bits per heavy atom. The van der Waals surface area contributed by atoms with Crippen molar-refractivity contribution in [1.82, 2.24) is 0 Å². The summed E-state index contributed by atoms with van der Waals surface area (Å²) in [7, 11) is 1.64. The van der Waals surface area contributed by atoms with E-state index in [9.17, 15) is 9.59 Å². The van der Waals surface area contributed by atoms with Gasteiger partial charge in [0.1, 0.15) is 12.2 Å². The highest BCUT2D eigenvalue weighted by atomic mass is 35.5. The maximum Gasteiger partial charge on any atom is 0.256 e. The summed E-state index contributed by atoms with van der Waals surface area (Å²) in [4.78, 5) is 24.9. The topological polar surface area (TPSA) is 46.6 Å². The van der Waals surface area contributed by atoms with Crippen LogP contribution in [-0.4, -0.2) is 25.3 Å². The van der Waals surface area contributed by atoms with Crippen LogP contribution in [0.25, 0.3) is 0 Å². The Hall–Kier alpha value is -1.88. The number of amides is 1. The van der Waals surface area contributed by atoms with Crippen molar-refractivity contribution in [3.8, 4) is 0 Å². The molecule has 123 valence electrons. The Kier molecular flexibility index (Phi) is 4.90. The highest BCUT2D eigenvalue weighted by molar-refractivity contribution is 6.31. The molecule has 4 nitrogen and oxygen atoms in total. The van der Waals surface area contributed by atoms with Crippen LogP contribution in [-0.2, 0) is 14.3 Å². The molecule has 0 N–H and O–H groups in total. The Labute approximate surface area is 149 Å². The first kappa shape index (κ1) is 17.0. The smallest absolute Gasteiger partial charge is 0.256 e. The van der Waals surface area contributed by atoms with Crippen LogP contribution in [0.1, 0.15) is 23.7 Å². The number of hydrogen-bond acceptors (Lipinski definition) is 3. The molecule has 1 amide bonds. The summed E-state index contributed by atoms with van der Waals surface area (Å²) >= 11 is 12.5. The lowest BCUT2D eigenvalue weighted by atomic mass is 9.99. The average Bonchev–Trinajstić information content (AvgIpc) is 2.66. The summed E-state index contributed by atoms with van der Waals surface area (Å²) in [6.45, 7) is 0. The molecule has 1 aliphatic rings. The Morgan fingerprint density at radius 3 is 2.62 bits per heavy atom. The van der Waals surface area contributed by atoms with Crippen molar-refractivity contribution >= 4 is 41.1 Å². The number of hydrogen-bond donors (Lipinski definition) is 0. The van der Waals surface area contributed by atoms with E-state index in [1.54, 1.807) is 37.6 Å². The first-order chi connectivity index (χ1) is 11.5. The van der Waals surface area contributed by atoms with E-state index in [0.29, 0.717) is 21.3 Å². The van der Waals surface area contributed by atoms with Gasteiger partial charge in [0.05, 0.1) is 0 Å². The van der Waals surface area contributed by atoms with Gasteiger partial charge in [-0.05, 0) is 24.3 Å². The van der Waals surface area contributed by atoms with Crippen LogP contribution >= 0.6 is 23.2 Å². The molecule has 0 saturated heterocycles. The van der Waals surface area contributed by atoms with Gasteiger partial charge in [-0.3, -0.25) is 9.59 Å². The number of benzene rings is 2. The van der Waals surface area contributed by atoms with Crippen LogP contribution in [0.2, 0.25) is 10.0 Å². The number of carbonyl (C=O) groups excluding carboxylic acids is 2. The largest absolute Gasteiger partial charge is 0.355 e. The molecule has 2 aromatic carbocycles. The predicted molar refractivity (Wildman–Crippen MR) is 93.3 cm³/mol. The average molecular weight is 363 g/mol. The first-order valence-electron chi connectivity index (χ1n) is 7.35. The molecule has 1 aliphatic heterocycles. The van der Waals surface area contributed by atoms with Gasteiger partial charge in [-0.15, -0.1) is 0 Å². The van der Waals surface area contributed by atoms with Gasteiger partial charge >= 0.3 is 0 Å². The Morgan fingerprint density at radius 2 is 1.92 bits per heavy atom. The highest BCUT2D eigenvalue weighted by Crippen LogP contribution is 2.41. The molecule has 0 spiro atoms. The zero-order valence-corrected chi connectivity index (χ0v) is 14.3. The zero-order chi connectivity index (χ0) is 17.3. The van der Waals surface area contributed by atoms with Crippen molar-refractivity contribution in [3.63, 3.8) is 0 Å². The third kappa shape index (κ3) is 3.05. The van der Waals surface area contributed by atoms with Gasteiger partial charge in [-0.1, -0.05) is 41.4 Å². The minimum Gasteiger partial charge on any atom is -0.355 e. The predicted octanol–water partition coefficient (Wildman–Crippen LogP) is 3.94. The fraction of sp³-hybridized carbons (Fsp3) is 0.222. The quantitative estimate of drug-likeness (QED) is 0.830. The fourth-order valence-corrected chi connectivity index (χ4v) is 3.23. The van der Waals surface area contributed by atoms with Crippen LogP contribution in [0, 0.1) is 0 Å². The second kappa shape index (κ2) is 6.93. The number of anilines is 1. The van der Waals surface area contributed by atoms with Gasteiger partial charge in [0.2, 0.25) is 6.29 Å². The number of carbonyl (C=O) groups is 1. The van der Waals surface area contributed by atoms with Gasteiger partial charge < -0.3 is 9.64 Å². The minimum absolute atomic E-state index is 0.147. The van der Waals surface area contributed by atoms with Crippen LogP contribution < -0.4 is 4.90 Å². The van der Waals surface area contributed by atoms with E-state index in [2.05, 4.69) is 0 Å². The minimum atomic E-state index is -0.931. The number of likely N-dealkylation sites (N-methyl/N-ethyl adjacent to an activating group) is 1. The zero-order valence-electron chi connectivity index (χ0n) is 12.8. The van der Waals surface area contributed by atoms with Gasteiger partial charge in [0.15, 0.2) is 0 Å². The van der Waals surface area contributed by atoms with Crippen molar-refractivity contribution in [2.24, 2.45) is 0 Å². The monoisotopic (exact) mass is 362 g/mol. The summed E-state index contributed by atoms with van der Waals surface area (Å²) in [6.07, 6.45) is 0.0704. The van der Waals surface area contributed by atoms with Crippen molar-refractivity contribution < 1.29 is 14.3 Å². The standard InChI is InChI=1S/C18H14Cl2NO3/c1-21-15-7-6-11(19)10-13(15)17(12-4-2-3-5-14(12)20)24-16(8-9-22)18(21)23/h2-7,10,16-17H,8H2,1H3. The highest BCUT2D eigenvalue weighted by Gasteiger charge is 2.35. The SMILES string of the molecule is CN1C(=O)C(C[C]=O)OC(c2ccccc2Cl)c2cc(Cl)ccc21. The Bertz CT molecular complexity index is 794. The van der Waals surface area contributed by atoms with E-state index < -0.39 is 12.2 Å². The summed E-state index contributed by atoms with van der Waals surface area (Å²) in [5, 5.41) is 1.04. The normalized spacial score (nSPS) is 20.5. The third-order valence-corrected chi connectivity index (χ3v) is 4.58. The molecule has 6 heteroatoms. The van der Waals surface area contributed by atoms with E-state index in [4.69, 9.17) is 27.9 Å². The lowest BCUT2D eigenvalue weighted by Gasteiger charge is -2.21. The van der Waals surface area contributed by atoms with Crippen molar-refractivity contribution in [3.05, 3.63) is 63.6 Å². The van der Waals surface area contributed by atoms with E-state index in [-0.39, 0.29) is 12.3 Å². The second-order valence-electron chi connectivity index (χ2n) is 5.48. The van der Waals surface area contributed by atoms with E-state index in [1.165, 1.54) is 4.90 Å². The van der Waals surface area contributed by atoms with E-state index in [0.717, 1.165) is 5.56 Å². The summed E-state index contributed by atoms with van der Waals surface area (Å²) in [5.74, 6) is -0.309. The number of ether oxygens (including phenoxy) is 1. The molecule has 1 heterocycles. The Balaban J connectivity index is 2.20. The molecular formula is C18H14Cl2NO3. The van der Waals surface area contributed by atoms with Crippen LogP contribution in [0.3, 0.4) is 0 Å². The lowest BCUT2D eigenvalue weighted by molar-refractivity contribution is -0.131. The fourth-order valence-electron chi connectivity index (χ4n) is 2.81. The van der Waals surface area contributed by atoms with Gasteiger partial charge in [-0.2, -0.15) is 0 Å². The van der Waals surface area contributed by atoms with E-state index >= 15 is 0 Å². The third-order valence-electron chi connectivity index (χ3n) is 4.00. The molecule has 2 unspecified atom stereocenters. The molecule has 3 rings (SSSR count). The molecule has 2 aromatic rings. The molecule has 2 atom stereocenters. The molecule has 1 radical (unpaired) electrons. The van der Waals surface area contributed by atoms with Crippen LogP contribution in [0.5, 0.6) is 0 Å². The van der Waals surface area contributed by atoms with Gasteiger partial charge in [-0.25, -0.2) is 0 Å². The molecule has 0 aliphatic carbocycles. The first-order valence-corrected chi connectivity index (χ1v) is 8.10. The molecular weight excluding hydrogens is 349 g/mol. The number of nitrogens with zero attached hydrogens (tertiary/aromatic N) is 1. The summed E-state index contributed by atoms with van der Waals surface area (Å²) in [6, 6.07) is 12.5. The molecule has 0 aromatic heterocycles. The molecule has 0 bridgehead atoms.